The Morgan fingerprint density at radius 3 is 2.42 bits per heavy atom. The standard InChI is InChI=1S/C27H27N3O4.C2H6/c1-15(2)33-27-28-13-19(14-29-27)24-12-17(4)21-10-16(3)11-22(25(21)34-24)18(5)30-23-9-7-6-8-20(23)26(31)32;1-2/h6-15,18,30H,4H2,1-3,5H3,(H,31,32);1-2H3. The molecule has 0 amide bonds. The van der Waals surface area contributed by atoms with Crippen LogP contribution in [0.15, 0.2) is 61.4 Å². The molecule has 7 nitrogen and oxygen atoms in total. The minimum atomic E-state index is -0.985. The van der Waals surface area contributed by atoms with Gasteiger partial charge in [-0.05, 0) is 63.1 Å². The molecule has 0 aliphatic carbocycles. The number of aromatic carboxylic acids is 1. The van der Waals surface area contributed by atoms with Crippen LogP contribution in [0.1, 0.15) is 73.3 Å². The smallest absolute Gasteiger partial charge is 0.337 e. The molecule has 1 aliphatic heterocycles. The lowest BCUT2D eigenvalue weighted by atomic mass is 9.93. The van der Waals surface area contributed by atoms with Crippen molar-refractivity contribution in [1.82, 2.24) is 9.97 Å². The number of benzene rings is 2. The normalized spacial score (nSPS) is 13.0. The number of aromatic nitrogens is 2. The van der Waals surface area contributed by atoms with Crippen LogP contribution in [0.5, 0.6) is 11.8 Å². The summed E-state index contributed by atoms with van der Waals surface area (Å²) in [6.07, 6.45) is 5.17. The molecule has 1 aliphatic rings. The molecular weight excluding hydrogens is 454 g/mol. The number of carbonyl (C=O) groups is 1. The zero-order valence-corrected chi connectivity index (χ0v) is 21.6. The van der Waals surface area contributed by atoms with Gasteiger partial charge in [0.2, 0.25) is 0 Å². The number of hydrogen-bond donors (Lipinski definition) is 2. The fraction of sp³-hybridized carbons (Fsp3) is 0.276. The highest BCUT2D eigenvalue weighted by Crippen LogP contribution is 2.42. The van der Waals surface area contributed by atoms with Gasteiger partial charge >= 0.3 is 12.0 Å². The average molecular weight is 488 g/mol. The second-order valence-corrected chi connectivity index (χ2v) is 8.50. The molecule has 0 saturated carbocycles. The molecule has 2 N–H and O–H groups in total. The van der Waals surface area contributed by atoms with Gasteiger partial charge in [0.05, 0.1) is 23.3 Å². The highest BCUT2D eigenvalue weighted by atomic mass is 16.5. The maximum Gasteiger partial charge on any atom is 0.337 e. The van der Waals surface area contributed by atoms with Crippen molar-refractivity contribution in [2.24, 2.45) is 0 Å². The minimum absolute atomic E-state index is 0.0197. The first-order valence-electron chi connectivity index (χ1n) is 12.0. The highest BCUT2D eigenvalue weighted by Gasteiger charge is 2.24. The maximum atomic E-state index is 11.6. The number of carboxylic acids is 1. The molecule has 3 aromatic rings. The van der Waals surface area contributed by atoms with E-state index in [2.05, 4.69) is 21.9 Å². The summed E-state index contributed by atoms with van der Waals surface area (Å²) in [6.45, 7) is 16.0. The van der Waals surface area contributed by atoms with E-state index in [0.717, 1.165) is 22.3 Å². The number of nitrogens with one attached hydrogen (secondary N) is 1. The molecule has 1 unspecified atom stereocenters. The summed E-state index contributed by atoms with van der Waals surface area (Å²) in [4.78, 5) is 20.2. The number of allylic oxidation sites excluding steroid dienone is 2. The maximum absolute atomic E-state index is 11.6. The van der Waals surface area contributed by atoms with E-state index in [4.69, 9.17) is 9.47 Å². The molecular formula is C29H33N3O4. The molecule has 1 aromatic heterocycles. The monoisotopic (exact) mass is 487 g/mol. The first-order chi connectivity index (χ1) is 17.2. The molecule has 0 spiro atoms. The Morgan fingerprint density at radius 2 is 1.78 bits per heavy atom. The largest absolute Gasteiger partial charge is 0.478 e. The Morgan fingerprint density at radius 1 is 1.11 bits per heavy atom. The second kappa shape index (κ2) is 11.5. The van der Waals surface area contributed by atoms with Crippen LogP contribution in [0.4, 0.5) is 5.69 Å². The number of para-hydroxylation sites is 1. The van der Waals surface area contributed by atoms with Crippen LogP contribution in [0.2, 0.25) is 0 Å². The van der Waals surface area contributed by atoms with Crippen LogP contribution in [0.3, 0.4) is 0 Å². The number of fused-ring (bicyclic) bond motifs is 1. The number of ether oxygens (including phenoxy) is 2. The van der Waals surface area contributed by atoms with E-state index < -0.39 is 5.97 Å². The van der Waals surface area contributed by atoms with Crippen molar-refractivity contribution in [3.05, 3.63) is 89.3 Å². The first-order valence-corrected chi connectivity index (χ1v) is 12.0. The van der Waals surface area contributed by atoms with E-state index >= 15 is 0 Å². The molecule has 2 heterocycles. The molecule has 2 aromatic carbocycles. The number of carboxylic acid groups (broad SMARTS) is 1. The Bertz CT molecular complexity index is 1280. The van der Waals surface area contributed by atoms with Gasteiger partial charge in [-0.15, -0.1) is 0 Å². The van der Waals surface area contributed by atoms with Gasteiger partial charge in [-0.2, -0.15) is 0 Å². The summed E-state index contributed by atoms with van der Waals surface area (Å²) >= 11 is 0. The van der Waals surface area contributed by atoms with Gasteiger partial charge in [0.1, 0.15) is 11.5 Å². The second-order valence-electron chi connectivity index (χ2n) is 8.50. The molecule has 0 bridgehead atoms. The van der Waals surface area contributed by atoms with Crippen molar-refractivity contribution in [1.29, 1.82) is 0 Å². The van der Waals surface area contributed by atoms with Crippen molar-refractivity contribution in [2.75, 3.05) is 5.32 Å². The summed E-state index contributed by atoms with van der Waals surface area (Å²) in [5.74, 6) is 0.265. The Hall–Kier alpha value is -4.13. The summed E-state index contributed by atoms with van der Waals surface area (Å²) in [5, 5.41) is 12.9. The third-order valence-corrected chi connectivity index (χ3v) is 5.38. The number of hydrogen-bond acceptors (Lipinski definition) is 6. The van der Waals surface area contributed by atoms with Gasteiger partial charge in [0, 0.05) is 29.2 Å². The zero-order chi connectivity index (χ0) is 26.4. The van der Waals surface area contributed by atoms with Crippen LogP contribution < -0.4 is 14.8 Å². The predicted octanol–water partition coefficient (Wildman–Crippen LogP) is 6.92. The van der Waals surface area contributed by atoms with Gasteiger partial charge < -0.3 is 19.9 Å². The number of anilines is 1. The summed E-state index contributed by atoms with van der Waals surface area (Å²) < 4.78 is 11.9. The van der Waals surface area contributed by atoms with Crippen LogP contribution in [-0.2, 0) is 0 Å². The summed E-state index contributed by atoms with van der Waals surface area (Å²) in [7, 11) is 0. The van der Waals surface area contributed by atoms with Crippen LogP contribution in [0, 0.1) is 6.92 Å². The molecule has 0 radical (unpaired) electrons. The molecule has 0 saturated heterocycles. The van der Waals surface area contributed by atoms with Gasteiger partial charge in [-0.25, -0.2) is 14.8 Å². The van der Waals surface area contributed by atoms with E-state index in [-0.39, 0.29) is 17.7 Å². The SMILES string of the molecule is C=C1C=C(c2cnc(OC(C)C)nc2)Oc2c1cc(C)cc2C(C)Nc1ccccc1C(=O)O.CC. The van der Waals surface area contributed by atoms with E-state index in [0.29, 0.717) is 28.8 Å². The molecule has 4 rings (SSSR count). The third kappa shape index (κ3) is 5.92. The van der Waals surface area contributed by atoms with Crippen molar-refractivity contribution in [3.63, 3.8) is 0 Å². The quantitative estimate of drug-likeness (QED) is 0.374. The number of nitrogens with zero attached hydrogens (tertiary/aromatic N) is 2. The molecule has 0 fully saturated rings. The fourth-order valence-electron chi connectivity index (χ4n) is 3.81. The van der Waals surface area contributed by atoms with Crippen molar-refractivity contribution >= 4 is 23.0 Å². The fourth-order valence-corrected chi connectivity index (χ4v) is 3.81. The van der Waals surface area contributed by atoms with E-state index in [1.54, 1.807) is 36.7 Å². The summed E-state index contributed by atoms with van der Waals surface area (Å²) in [6, 6.07) is 11.0. The molecule has 188 valence electrons. The van der Waals surface area contributed by atoms with Crippen molar-refractivity contribution in [2.45, 2.75) is 53.7 Å². The van der Waals surface area contributed by atoms with Crippen molar-refractivity contribution in [3.8, 4) is 11.8 Å². The van der Waals surface area contributed by atoms with Gasteiger partial charge in [-0.1, -0.05) is 38.6 Å². The summed E-state index contributed by atoms with van der Waals surface area (Å²) in [5.41, 5.74) is 5.09. The number of rotatable bonds is 7. The Kier molecular flexibility index (Phi) is 8.48. The lowest BCUT2D eigenvalue weighted by molar-refractivity contribution is 0.0698. The lowest BCUT2D eigenvalue weighted by Gasteiger charge is -2.26. The Labute approximate surface area is 212 Å². The van der Waals surface area contributed by atoms with E-state index in [1.807, 2.05) is 59.8 Å². The van der Waals surface area contributed by atoms with Gasteiger partial charge in [-0.3, -0.25) is 0 Å². The number of aryl methyl sites for hydroxylation is 1. The Balaban J connectivity index is 0.00000176. The van der Waals surface area contributed by atoms with E-state index in [9.17, 15) is 9.90 Å². The van der Waals surface area contributed by atoms with Gasteiger partial charge in [0.25, 0.3) is 0 Å². The molecule has 36 heavy (non-hydrogen) atoms. The van der Waals surface area contributed by atoms with Crippen molar-refractivity contribution < 1.29 is 19.4 Å². The highest BCUT2D eigenvalue weighted by molar-refractivity contribution is 5.94. The lowest BCUT2D eigenvalue weighted by Crippen LogP contribution is -2.14. The van der Waals surface area contributed by atoms with Crippen LogP contribution in [-0.4, -0.2) is 27.1 Å². The zero-order valence-electron chi connectivity index (χ0n) is 21.6. The topological polar surface area (TPSA) is 93.6 Å². The minimum Gasteiger partial charge on any atom is -0.478 e. The molecule has 7 heteroatoms. The molecule has 1 atom stereocenters. The van der Waals surface area contributed by atoms with Gasteiger partial charge in [0.15, 0.2) is 0 Å². The first kappa shape index (κ1) is 26.5. The predicted molar refractivity (Wildman–Crippen MR) is 143 cm³/mol. The average Bonchev–Trinajstić information content (AvgIpc) is 2.85. The van der Waals surface area contributed by atoms with Crippen LogP contribution in [0.25, 0.3) is 11.3 Å². The van der Waals surface area contributed by atoms with Crippen LogP contribution >= 0.6 is 0 Å². The van der Waals surface area contributed by atoms with E-state index in [1.165, 1.54) is 0 Å². The third-order valence-electron chi connectivity index (χ3n) is 5.38.